The van der Waals surface area contributed by atoms with Gasteiger partial charge >= 0.3 is 0 Å². The van der Waals surface area contributed by atoms with Gasteiger partial charge in [-0.1, -0.05) is 48.0 Å². The number of sulfonamides is 1. The quantitative estimate of drug-likeness (QED) is 0.606. The third-order valence-electron chi connectivity index (χ3n) is 5.89. The molecule has 6 heteroatoms. The lowest BCUT2D eigenvalue weighted by atomic mass is 10.0. The molecule has 1 aliphatic heterocycles. The van der Waals surface area contributed by atoms with Crippen molar-refractivity contribution >= 4 is 21.4 Å². The Morgan fingerprint density at radius 3 is 2.32 bits per heavy atom. The second-order valence-electron chi connectivity index (χ2n) is 8.24. The van der Waals surface area contributed by atoms with E-state index in [0.717, 1.165) is 29.8 Å². The highest BCUT2D eigenvalue weighted by molar-refractivity contribution is 7.89. The van der Waals surface area contributed by atoms with Crippen molar-refractivity contribution < 1.29 is 8.42 Å². The van der Waals surface area contributed by atoms with Crippen molar-refractivity contribution in [1.29, 1.82) is 0 Å². The Hall–Kier alpha value is -2.83. The molecule has 0 fully saturated rings. The highest BCUT2D eigenvalue weighted by Gasteiger charge is 2.28. The minimum Gasteiger partial charge on any atom is -0.378 e. The molecule has 0 amide bonds. The number of aryl methyl sites for hydroxylation is 1. The maximum absolute atomic E-state index is 12.9. The summed E-state index contributed by atoms with van der Waals surface area (Å²) in [4.78, 5) is 4.67. The van der Waals surface area contributed by atoms with Crippen LogP contribution in [0.3, 0.4) is 0 Å². The van der Waals surface area contributed by atoms with Gasteiger partial charge in [-0.15, -0.1) is 0 Å². The predicted octanol–water partition coefficient (Wildman–Crippen LogP) is 4.14. The van der Waals surface area contributed by atoms with Gasteiger partial charge in [0.2, 0.25) is 10.0 Å². The van der Waals surface area contributed by atoms with Gasteiger partial charge < -0.3 is 9.80 Å². The zero-order valence-electron chi connectivity index (χ0n) is 18.2. The van der Waals surface area contributed by atoms with Gasteiger partial charge in [0.1, 0.15) is 0 Å². The molecule has 0 aromatic heterocycles. The van der Waals surface area contributed by atoms with E-state index in [2.05, 4.69) is 57.0 Å². The Kier molecular flexibility index (Phi) is 6.03. The Morgan fingerprint density at radius 1 is 0.968 bits per heavy atom. The third kappa shape index (κ3) is 4.60. The average Bonchev–Trinajstić information content (AvgIpc) is 3.18. The van der Waals surface area contributed by atoms with Crippen LogP contribution in [0.5, 0.6) is 0 Å². The first-order chi connectivity index (χ1) is 14.8. The number of nitrogens with one attached hydrogen (secondary N) is 1. The van der Waals surface area contributed by atoms with Crippen LogP contribution >= 0.6 is 0 Å². The van der Waals surface area contributed by atoms with Crippen LogP contribution in [0.1, 0.15) is 22.7 Å². The number of hydrogen-bond acceptors (Lipinski definition) is 4. The van der Waals surface area contributed by atoms with E-state index in [0.29, 0.717) is 11.4 Å². The van der Waals surface area contributed by atoms with E-state index in [1.165, 1.54) is 11.3 Å². The molecule has 0 bridgehead atoms. The van der Waals surface area contributed by atoms with Gasteiger partial charge in [0.25, 0.3) is 0 Å². The molecule has 31 heavy (non-hydrogen) atoms. The highest BCUT2D eigenvalue weighted by atomic mass is 32.2. The summed E-state index contributed by atoms with van der Waals surface area (Å²) in [6.07, 6.45) is 0.965. The number of nitrogens with zero attached hydrogens (tertiary/aromatic N) is 2. The summed E-state index contributed by atoms with van der Waals surface area (Å²) in [6.45, 7) is 3.11. The molecule has 5 nitrogen and oxygen atoms in total. The van der Waals surface area contributed by atoms with E-state index in [9.17, 15) is 8.42 Å². The average molecular weight is 436 g/mol. The summed E-state index contributed by atoms with van der Waals surface area (Å²) in [5, 5.41) is 0. The van der Waals surface area contributed by atoms with Crippen LogP contribution in [0.2, 0.25) is 0 Å². The van der Waals surface area contributed by atoms with Crippen molar-refractivity contribution in [1.82, 2.24) is 4.72 Å². The third-order valence-corrected chi connectivity index (χ3v) is 7.33. The number of fused-ring (bicyclic) bond motifs is 1. The molecule has 0 saturated heterocycles. The maximum atomic E-state index is 12.9. The molecule has 0 spiro atoms. The second-order valence-corrected chi connectivity index (χ2v) is 10.0. The van der Waals surface area contributed by atoms with Crippen LogP contribution in [0.4, 0.5) is 11.4 Å². The van der Waals surface area contributed by atoms with Crippen LogP contribution < -0.4 is 14.5 Å². The van der Waals surface area contributed by atoms with Crippen molar-refractivity contribution in [3.05, 3.63) is 89.5 Å². The second kappa shape index (κ2) is 8.73. The fraction of sp³-hybridized carbons (Fsp3) is 0.280. The molecule has 0 aliphatic carbocycles. The molecule has 1 heterocycles. The van der Waals surface area contributed by atoms with Crippen molar-refractivity contribution in [2.75, 3.05) is 37.0 Å². The van der Waals surface area contributed by atoms with Crippen LogP contribution in [0.15, 0.2) is 77.7 Å². The van der Waals surface area contributed by atoms with Gasteiger partial charge in [-0.2, -0.15) is 0 Å². The van der Waals surface area contributed by atoms with Crippen molar-refractivity contribution in [3.8, 4) is 0 Å². The molecular weight excluding hydrogens is 406 g/mol. The maximum Gasteiger partial charge on any atom is 0.240 e. The number of para-hydroxylation sites is 1. The van der Waals surface area contributed by atoms with E-state index in [-0.39, 0.29) is 6.04 Å². The van der Waals surface area contributed by atoms with Crippen LogP contribution in [-0.2, 0) is 16.4 Å². The largest absolute Gasteiger partial charge is 0.378 e. The smallest absolute Gasteiger partial charge is 0.240 e. The first-order valence-electron chi connectivity index (χ1n) is 10.5. The first-order valence-corrected chi connectivity index (χ1v) is 12.0. The minimum atomic E-state index is -3.59. The summed E-state index contributed by atoms with van der Waals surface area (Å²) in [7, 11) is 0.432. The Bertz CT molecular complexity index is 1140. The molecule has 3 aromatic carbocycles. The zero-order valence-corrected chi connectivity index (χ0v) is 19.1. The molecule has 0 unspecified atom stereocenters. The minimum absolute atomic E-state index is 0.0971. The molecule has 1 atom stereocenters. The number of hydrogen-bond donors (Lipinski definition) is 1. The van der Waals surface area contributed by atoms with Crippen LogP contribution in [-0.4, -0.2) is 35.6 Å². The fourth-order valence-electron chi connectivity index (χ4n) is 4.08. The van der Waals surface area contributed by atoms with Gasteiger partial charge in [0, 0.05) is 38.6 Å². The van der Waals surface area contributed by atoms with E-state index >= 15 is 0 Å². The van der Waals surface area contributed by atoms with Crippen molar-refractivity contribution in [3.63, 3.8) is 0 Å². The number of rotatable bonds is 7. The zero-order chi connectivity index (χ0) is 22.0. The molecule has 1 N–H and O–H groups in total. The molecule has 0 saturated carbocycles. The van der Waals surface area contributed by atoms with E-state index in [1.807, 2.05) is 39.2 Å². The molecular formula is C25H29N3O2S. The Morgan fingerprint density at radius 2 is 1.65 bits per heavy atom. The number of benzene rings is 3. The molecule has 3 aromatic rings. The summed E-state index contributed by atoms with van der Waals surface area (Å²) >= 11 is 0. The van der Waals surface area contributed by atoms with Gasteiger partial charge in [0.15, 0.2) is 0 Å². The van der Waals surface area contributed by atoms with E-state index in [1.54, 1.807) is 12.1 Å². The molecule has 1 aliphatic rings. The SMILES string of the molecule is Cc1ccc(S(=O)(=O)NC[C@@H](c2ccc(N(C)C)cc2)N2CCc3ccccc32)cc1. The summed E-state index contributed by atoms with van der Waals surface area (Å²) in [6, 6.07) is 23.6. The molecule has 162 valence electrons. The lowest BCUT2D eigenvalue weighted by Gasteiger charge is -2.31. The Labute approximate surface area is 185 Å². The standard InChI is InChI=1S/C25H29N3O2S/c1-19-8-14-23(15-9-19)31(29,30)26-18-25(21-10-12-22(13-11-21)27(2)3)28-17-16-20-6-4-5-7-24(20)28/h4-15,25-26H,16-18H2,1-3H3/t25-/m0/s1. The topological polar surface area (TPSA) is 52.7 Å². The molecule has 0 radical (unpaired) electrons. The summed E-state index contributed by atoms with van der Waals surface area (Å²) in [5.74, 6) is 0. The molecule has 4 rings (SSSR count). The fourth-order valence-corrected chi connectivity index (χ4v) is 5.12. The van der Waals surface area contributed by atoms with Crippen LogP contribution in [0.25, 0.3) is 0 Å². The van der Waals surface area contributed by atoms with Crippen molar-refractivity contribution in [2.24, 2.45) is 0 Å². The highest BCUT2D eigenvalue weighted by Crippen LogP contribution is 2.35. The summed E-state index contributed by atoms with van der Waals surface area (Å²) in [5.41, 5.74) is 5.72. The Balaban J connectivity index is 1.63. The van der Waals surface area contributed by atoms with Gasteiger partial charge in [-0.05, 0) is 54.8 Å². The first kappa shape index (κ1) is 21.4. The van der Waals surface area contributed by atoms with Gasteiger partial charge in [-0.25, -0.2) is 13.1 Å². The van der Waals surface area contributed by atoms with Crippen LogP contribution in [0, 0.1) is 6.92 Å². The van der Waals surface area contributed by atoms with Gasteiger partial charge in [0.05, 0.1) is 10.9 Å². The summed E-state index contributed by atoms with van der Waals surface area (Å²) < 4.78 is 28.8. The van der Waals surface area contributed by atoms with E-state index < -0.39 is 10.0 Å². The van der Waals surface area contributed by atoms with Crippen molar-refractivity contribution in [2.45, 2.75) is 24.3 Å². The monoisotopic (exact) mass is 435 g/mol. The number of anilines is 2. The lowest BCUT2D eigenvalue weighted by Crippen LogP contribution is -2.37. The lowest BCUT2D eigenvalue weighted by molar-refractivity contribution is 0.563. The predicted molar refractivity (Wildman–Crippen MR) is 127 cm³/mol. The normalized spacial score (nSPS) is 14.4. The van der Waals surface area contributed by atoms with E-state index in [4.69, 9.17) is 0 Å². The van der Waals surface area contributed by atoms with Gasteiger partial charge in [-0.3, -0.25) is 0 Å².